The van der Waals surface area contributed by atoms with Gasteiger partial charge in [-0.2, -0.15) is 0 Å². The molecule has 0 bridgehead atoms. The van der Waals surface area contributed by atoms with Crippen LogP contribution < -0.4 is 0 Å². The third kappa shape index (κ3) is 6.36. The van der Waals surface area contributed by atoms with Gasteiger partial charge in [-0.3, -0.25) is 19.7 Å². The summed E-state index contributed by atoms with van der Waals surface area (Å²) in [6, 6.07) is 17.9. The molecule has 0 atom stereocenters. The Morgan fingerprint density at radius 1 is 1.06 bits per heavy atom. The number of thiophene rings is 1. The smallest absolute Gasteiger partial charge is 0.273 e. The summed E-state index contributed by atoms with van der Waals surface area (Å²) in [5.74, 6) is -0.675. The normalized spacial score (nSPS) is 10.5. The highest BCUT2D eigenvalue weighted by molar-refractivity contribution is 7.09. The van der Waals surface area contributed by atoms with Gasteiger partial charge in [0.1, 0.15) is 6.54 Å². The minimum absolute atomic E-state index is 0.130. The summed E-state index contributed by atoms with van der Waals surface area (Å²) in [7, 11) is 0. The van der Waals surface area contributed by atoms with Crippen molar-refractivity contribution in [2.45, 2.75) is 20.0 Å². The van der Waals surface area contributed by atoms with Crippen LogP contribution in [0.25, 0.3) is 0 Å². The topological polar surface area (TPSA) is 83.8 Å². The molecule has 3 rings (SSSR count). The molecule has 0 N–H and O–H groups in total. The van der Waals surface area contributed by atoms with E-state index < -0.39 is 10.8 Å². The van der Waals surface area contributed by atoms with Crippen LogP contribution in [0.1, 0.15) is 26.4 Å². The SMILES string of the molecule is C=CCN(CC(=O)N(Cc1ccccc1)Cc1cccs1)C(=O)c1ccc(C)c([N+](=O)[O-])c1. The standard InChI is InChI=1S/C25H25N3O4S/c1-3-13-26(25(30)21-12-11-19(2)23(15-21)28(31)32)18-24(29)27(17-22-10-7-14-33-22)16-20-8-5-4-6-9-20/h3-12,14-15H,1,13,16-18H2,2H3. The maximum Gasteiger partial charge on any atom is 0.273 e. The van der Waals surface area contributed by atoms with Gasteiger partial charge in [-0.15, -0.1) is 17.9 Å². The Morgan fingerprint density at radius 2 is 1.82 bits per heavy atom. The van der Waals surface area contributed by atoms with Gasteiger partial charge in [0.15, 0.2) is 0 Å². The molecule has 2 aromatic carbocycles. The molecule has 3 aromatic rings. The van der Waals surface area contributed by atoms with E-state index in [1.807, 2.05) is 47.8 Å². The zero-order chi connectivity index (χ0) is 23.8. The predicted molar refractivity (Wildman–Crippen MR) is 129 cm³/mol. The van der Waals surface area contributed by atoms with Gasteiger partial charge in [-0.1, -0.05) is 48.5 Å². The molecule has 0 aliphatic carbocycles. The van der Waals surface area contributed by atoms with Crippen LogP contribution in [0.3, 0.4) is 0 Å². The number of carbonyl (C=O) groups excluding carboxylic acids is 2. The van der Waals surface area contributed by atoms with Crippen molar-refractivity contribution in [1.82, 2.24) is 9.80 Å². The Labute approximate surface area is 196 Å². The number of rotatable bonds is 10. The molecule has 1 aromatic heterocycles. The summed E-state index contributed by atoms with van der Waals surface area (Å²) in [6.45, 7) is 6.12. The van der Waals surface area contributed by atoms with Crippen LogP contribution in [-0.4, -0.2) is 39.6 Å². The van der Waals surface area contributed by atoms with Gasteiger partial charge in [-0.05, 0) is 30.0 Å². The fraction of sp³-hybridized carbons (Fsp3) is 0.200. The Bertz CT molecular complexity index is 1130. The van der Waals surface area contributed by atoms with Gasteiger partial charge < -0.3 is 9.80 Å². The van der Waals surface area contributed by atoms with Crippen LogP contribution in [0.5, 0.6) is 0 Å². The Kier molecular flexibility index (Phi) is 8.10. The summed E-state index contributed by atoms with van der Waals surface area (Å²) in [5.41, 5.74) is 1.48. The molecule has 1 heterocycles. The lowest BCUT2D eigenvalue weighted by atomic mass is 10.1. The second-order valence-corrected chi connectivity index (χ2v) is 8.58. The quantitative estimate of drug-likeness (QED) is 0.245. The second kappa shape index (κ2) is 11.2. The molecular weight excluding hydrogens is 438 g/mol. The van der Waals surface area contributed by atoms with Gasteiger partial charge in [0.05, 0.1) is 11.5 Å². The highest BCUT2D eigenvalue weighted by atomic mass is 32.1. The maximum absolute atomic E-state index is 13.3. The van der Waals surface area contributed by atoms with Gasteiger partial charge in [0.2, 0.25) is 5.91 Å². The monoisotopic (exact) mass is 463 g/mol. The lowest BCUT2D eigenvalue weighted by Crippen LogP contribution is -2.42. The highest BCUT2D eigenvalue weighted by Gasteiger charge is 2.24. The number of hydrogen-bond donors (Lipinski definition) is 0. The molecular formula is C25H25N3O4S. The number of aryl methyl sites for hydroxylation is 1. The van der Waals surface area contributed by atoms with Gasteiger partial charge >= 0.3 is 0 Å². The van der Waals surface area contributed by atoms with Crippen LogP contribution in [0.15, 0.2) is 78.7 Å². The molecule has 0 aliphatic rings. The minimum Gasteiger partial charge on any atom is -0.332 e. The zero-order valence-electron chi connectivity index (χ0n) is 18.3. The molecule has 170 valence electrons. The van der Waals surface area contributed by atoms with E-state index in [1.54, 1.807) is 29.2 Å². The van der Waals surface area contributed by atoms with Gasteiger partial charge in [-0.25, -0.2) is 0 Å². The van der Waals surface area contributed by atoms with Gasteiger partial charge in [0.25, 0.3) is 11.6 Å². The van der Waals surface area contributed by atoms with Crippen molar-refractivity contribution in [3.8, 4) is 0 Å². The van der Waals surface area contributed by atoms with Crippen LogP contribution in [0.2, 0.25) is 0 Å². The van der Waals surface area contributed by atoms with Crippen molar-refractivity contribution in [3.63, 3.8) is 0 Å². The first-order chi connectivity index (χ1) is 15.9. The number of carbonyl (C=O) groups is 2. The van der Waals surface area contributed by atoms with Crippen molar-refractivity contribution < 1.29 is 14.5 Å². The highest BCUT2D eigenvalue weighted by Crippen LogP contribution is 2.21. The van der Waals surface area contributed by atoms with E-state index in [2.05, 4.69) is 6.58 Å². The summed E-state index contributed by atoms with van der Waals surface area (Å²) < 4.78 is 0. The lowest BCUT2D eigenvalue weighted by molar-refractivity contribution is -0.385. The molecule has 0 saturated heterocycles. The van der Waals surface area contributed by atoms with E-state index in [1.165, 1.54) is 23.1 Å². The average molecular weight is 464 g/mol. The van der Waals surface area contributed by atoms with E-state index in [9.17, 15) is 19.7 Å². The van der Waals surface area contributed by atoms with E-state index >= 15 is 0 Å². The lowest BCUT2D eigenvalue weighted by Gasteiger charge is -2.27. The van der Waals surface area contributed by atoms with Crippen molar-refractivity contribution in [3.05, 3.63) is 110 Å². The van der Waals surface area contributed by atoms with Crippen LogP contribution >= 0.6 is 11.3 Å². The molecule has 0 fully saturated rings. The van der Waals surface area contributed by atoms with E-state index in [0.717, 1.165) is 10.4 Å². The number of nitrogens with zero attached hydrogens (tertiary/aromatic N) is 3. The van der Waals surface area contributed by atoms with Crippen LogP contribution in [-0.2, 0) is 17.9 Å². The number of benzene rings is 2. The van der Waals surface area contributed by atoms with E-state index in [0.29, 0.717) is 18.7 Å². The Hall–Kier alpha value is -3.78. The summed E-state index contributed by atoms with van der Waals surface area (Å²) >= 11 is 1.56. The number of nitro groups is 1. The van der Waals surface area contributed by atoms with Crippen LogP contribution in [0, 0.1) is 17.0 Å². The number of hydrogen-bond acceptors (Lipinski definition) is 5. The fourth-order valence-electron chi connectivity index (χ4n) is 3.39. The van der Waals surface area contributed by atoms with Crippen molar-refractivity contribution in [1.29, 1.82) is 0 Å². The zero-order valence-corrected chi connectivity index (χ0v) is 19.2. The molecule has 7 nitrogen and oxygen atoms in total. The fourth-order valence-corrected chi connectivity index (χ4v) is 4.11. The largest absolute Gasteiger partial charge is 0.332 e. The Balaban J connectivity index is 1.82. The third-order valence-corrected chi connectivity index (χ3v) is 5.97. The molecule has 33 heavy (non-hydrogen) atoms. The molecule has 0 spiro atoms. The third-order valence-electron chi connectivity index (χ3n) is 5.11. The molecule has 0 radical (unpaired) electrons. The number of nitro benzene ring substituents is 1. The number of amides is 2. The second-order valence-electron chi connectivity index (χ2n) is 7.55. The minimum atomic E-state index is -0.516. The molecule has 0 aliphatic heterocycles. The molecule has 8 heteroatoms. The first-order valence-corrected chi connectivity index (χ1v) is 11.3. The van der Waals surface area contributed by atoms with Gasteiger partial charge in [0, 0.05) is 35.2 Å². The summed E-state index contributed by atoms with van der Waals surface area (Å²) in [4.78, 5) is 41.3. The Morgan fingerprint density at radius 3 is 2.45 bits per heavy atom. The molecule has 2 amide bonds. The molecule has 0 saturated carbocycles. The summed E-state index contributed by atoms with van der Waals surface area (Å²) in [5, 5.41) is 13.2. The van der Waals surface area contributed by atoms with Crippen LogP contribution in [0.4, 0.5) is 5.69 Å². The summed E-state index contributed by atoms with van der Waals surface area (Å²) in [6.07, 6.45) is 1.54. The molecule has 0 unspecified atom stereocenters. The first-order valence-electron chi connectivity index (χ1n) is 10.4. The average Bonchev–Trinajstić information content (AvgIpc) is 3.32. The maximum atomic E-state index is 13.3. The van der Waals surface area contributed by atoms with Crippen molar-refractivity contribution >= 4 is 28.8 Å². The predicted octanol–water partition coefficient (Wildman–Crippen LogP) is 4.82. The van der Waals surface area contributed by atoms with Crippen molar-refractivity contribution in [2.24, 2.45) is 0 Å². The van der Waals surface area contributed by atoms with Crippen molar-refractivity contribution in [2.75, 3.05) is 13.1 Å². The first kappa shape index (κ1) is 23.9. The van der Waals surface area contributed by atoms with E-state index in [-0.39, 0.29) is 30.2 Å². The van der Waals surface area contributed by atoms with E-state index in [4.69, 9.17) is 0 Å².